The fraction of sp³-hybridized carbons (Fsp3) is 0.357. The third kappa shape index (κ3) is 9.10. The summed E-state index contributed by atoms with van der Waals surface area (Å²) in [4.78, 5) is 0. The highest BCUT2D eigenvalue weighted by Gasteiger charge is 2.28. The topological polar surface area (TPSA) is 176 Å². The number of benzene rings is 2. The summed E-state index contributed by atoms with van der Waals surface area (Å²) in [5, 5.41) is 18.8. The van der Waals surface area contributed by atoms with E-state index < -0.39 is 20.0 Å². The van der Waals surface area contributed by atoms with E-state index in [2.05, 4.69) is 20.8 Å². The van der Waals surface area contributed by atoms with Gasteiger partial charge in [-0.25, -0.2) is 22.0 Å². The number of nitrogens with two attached hydrogens (primary N) is 1. The highest BCUT2D eigenvalue weighted by molar-refractivity contribution is 7.89. The Morgan fingerprint density at radius 1 is 0.727 bits per heavy atom. The van der Waals surface area contributed by atoms with Gasteiger partial charge in [-0.2, -0.15) is 14.5 Å². The smallest absolute Gasteiger partial charge is 0.262 e. The van der Waals surface area contributed by atoms with Crippen LogP contribution in [0, 0.1) is 0 Å². The van der Waals surface area contributed by atoms with Crippen LogP contribution >= 0.6 is 0 Å². The zero-order chi connectivity index (χ0) is 32.5. The fourth-order valence-corrected chi connectivity index (χ4v) is 6.09. The molecule has 14 nitrogen and oxygen atoms in total. The number of nitrogens with one attached hydrogen (secondary N) is 2. The van der Waals surface area contributed by atoms with Gasteiger partial charge in [0.25, 0.3) is 20.0 Å². The number of hydrogen-bond acceptors (Lipinski definition) is 10. The van der Waals surface area contributed by atoms with E-state index in [1.165, 1.54) is 15.1 Å². The number of aryl methyl sites for hydroxylation is 2. The molecule has 44 heavy (non-hydrogen) atoms. The molecule has 0 aliphatic carbocycles. The second-order valence-corrected chi connectivity index (χ2v) is 13.2. The van der Waals surface area contributed by atoms with Crippen LogP contribution in [0.5, 0.6) is 11.5 Å². The first-order valence-corrected chi connectivity index (χ1v) is 16.4. The third-order valence-electron chi connectivity index (χ3n) is 6.56. The lowest BCUT2D eigenvalue weighted by molar-refractivity contribution is 0.395. The van der Waals surface area contributed by atoms with Gasteiger partial charge in [0.05, 0.1) is 25.6 Å². The predicted molar refractivity (Wildman–Crippen MR) is 166 cm³/mol. The van der Waals surface area contributed by atoms with Crippen molar-refractivity contribution in [3.63, 3.8) is 0 Å². The zero-order valence-electron chi connectivity index (χ0n) is 25.7. The van der Waals surface area contributed by atoms with Crippen molar-refractivity contribution in [1.82, 2.24) is 34.5 Å². The molecule has 0 bridgehead atoms. The lowest BCUT2D eigenvalue weighted by Crippen LogP contribution is -2.30. The van der Waals surface area contributed by atoms with Crippen LogP contribution in [-0.2, 0) is 60.3 Å². The highest BCUT2D eigenvalue weighted by atomic mass is 32.2. The van der Waals surface area contributed by atoms with E-state index in [1.807, 2.05) is 48.5 Å². The van der Waals surface area contributed by atoms with Crippen molar-refractivity contribution in [3.8, 4) is 11.5 Å². The molecule has 0 aliphatic heterocycles. The van der Waals surface area contributed by atoms with Gasteiger partial charge in [-0.15, -0.1) is 0 Å². The first kappa shape index (κ1) is 34.7. The van der Waals surface area contributed by atoms with Gasteiger partial charge in [-0.3, -0.25) is 9.36 Å². The fourth-order valence-electron chi connectivity index (χ4n) is 4.14. The average molecular weight is 649 g/mol. The van der Waals surface area contributed by atoms with E-state index in [0.29, 0.717) is 13.1 Å². The second-order valence-electron chi connectivity index (χ2n) is 9.77. The van der Waals surface area contributed by atoms with Crippen LogP contribution in [0.3, 0.4) is 0 Å². The Morgan fingerprint density at radius 2 is 1.11 bits per heavy atom. The third-order valence-corrected chi connectivity index (χ3v) is 9.00. The Morgan fingerprint density at radius 3 is 1.45 bits per heavy atom. The number of rotatable bonds is 13. The quantitative estimate of drug-likeness (QED) is 0.192. The molecule has 2 aromatic heterocycles. The Balaban J connectivity index is 0.000000340. The van der Waals surface area contributed by atoms with E-state index in [4.69, 9.17) is 14.6 Å². The Labute approximate surface area is 258 Å². The van der Waals surface area contributed by atoms with Gasteiger partial charge in [0.1, 0.15) is 11.5 Å². The first-order chi connectivity index (χ1) is 20.8. The minimum absolute atomic E-state index is 0.0299. The summed E-state index contributed by atoms with van der Waals surface area (Å²) in [7, 11) is 2.65. The van der Waals surface area contributed by atoms with Crippen molar-refractivity contribution < 1.29 is 26.3 Å². The van der Waals surface area contributed by atoms with E-state index in [-0.39, 0.29) is 23.1 Å². The number of sulfonamides is 2. The summed E-state index contributed by atoms with van der Waals surface area (Å²) in [5.74, 6) is 1.43. The zero-order valence-corrected chi connectivity index (χ0v) is 27.3. The maximum absolute atomic E-state index is 13.5. The Hall–Kier alpha value is -3.80. The molecule has 0 unspecified atom stereocenters. The molecule has 2 aromatic carbocycles. The first-order valence-electron chi connectivity index (χ1n) is 13.5. The highest BCUT2D eigenvalue weighted by Crippen LogP contribution is 2.23. The van der Waals surface area contributed by atoms with E-state index in [0.717, 1.165) is 34.0 Å². The Kier molecular flexibility index (Phi) is 12.0. The standard InChI is InChI=1S/C22H28N4O4S.C6H12N4O2S/c1-23-14-19-13-22(24-25(19)2)31(27,28)26(15-17-5-9-20(29-3)10-6-17)16-18-7-11-21(30-4)12-8-18;1-8-4-5-3-6(9-10(5)2)13(7,11)12/h5-13,23H,14-16H2,1-4H3;3,8H,4H2,1-2H3,(H2,7,11,12). The molecule has 0 saturated carbocycles. The maximum atomic E-state index is 13.5. The summed E-state index contributed by atoms with van der Waals surface area (Å²) in [6, 6.07) is 17.8. The van der Waals surface area contributed by atoms with Gasteiger partial charge in [0.15, 0.2) is 10.1 Å². The molecule has 0 spiro atoms. The van der Waals surface area contributed by atoms with Crippen molar-refractivity contribution in [2.75, 3.05) is 28.3 Å². The van der Waals surface area contributed by atoms with Crippen LogP contribution in [0.4, 0.5) is 0 Å². The molecule has 4 aromatic rings. The minimum atomic E-state index is -3.84. The SMILES string of the molecule is CNCc1cc(S(=O)(=O)N(Cc2ccc(OC)cc2)Cc2ccc(OC)cc2)nn1C.CNCc1cc(S(N)(=O)=O)nn1C. The van der Waals surface area contributed by atoms with Crippen molar-refractivity contribution in [3.05, 3.63) is 83.2 Å². The van der Waals surface area contributed by atoms with E-state index in [9.17, 15) is 16.8 Å². The molecule has 0 fully saturated rings. The van der Waals surface area contributed by atoms with Crippen LogP contribution in [0.2, 0.25) is 0 Å². The molecule has 0 atom stereocenters. The van der Waals surface area contributed by atoms with E-state index in [1.54, 1.807) is 53.2 Å². The lowest BCUT2D eigenvalue weighted by Gasteiger charge is -2.21. The van der Waals surface area contributed by atoms with Crippen LogP contribution in [0.25, 0.3) is 0 Å². The molecule has 0 aliphatic rings. The van der Waals surface area contributed by atoms with E-state index >= 15 is 0 Å². The number of aromatic nitrogens is 4. The molecule has 0 amide bonds. The van der Waals surface area contributed by atoms with Gasteiger partial charge < -0.3 is 20.1 Å². The largest absolute Gasteiger partial charge is 0.497 e. The van der Waals surface area contributed by atoms with Crippen molar-refractivity contribution in [2.24, 2.45) is 19.2 Å². The normalized spacial score (nSPS) is 11.7. The van der Waals surface area contributed by atoms with Crippen LogP contribution < -0.4 is 25.2 Å². The molecular formula is C28H40N8O6S2. The van der Waals surface area contributed by atoms with Gasteiger partial charge in [-0.05, 0) is 49.5 Å². The maximum Gasteiger partial charge on any atom is 0.262 e. The molecule has 4 rings (SSSR count). The number of hydrogen-bond donors (Lipinski definition) is 3. The molecule has 2 heterocycles. The minimum Gasteiger partial charge on any atom is -0.497 e. The Bertz CT molecular complexity index is 1670. The summed E-state index contributed by atoms with van der Waals surface area (Å²) < 4.78 is 63.8. The van der Waals surface area contributed by atoms with Crippen molar-refractivity contribution in [2.45, 2.75) is 36.2 Å². The summed E-state index contributed by atoms with van der Waals surface area (Å²) in [6.45, 7) is 1.49. The van der Waals surface area contributed by atoms with Crippen LogP contribution in [0.15, 0.2) is 70.7 Å². The van der Waals surface area contributed by atoms with Crippen molar-refractivity contribution >= 4 is 20.0 Å². The van der Waals surface area contributed by atoms with Gasteiger partial charge in [-0.1, -0.05) is 24.3 Å². The van der Waals surface area contributed by atoms with Crippen LogP contribution in [0.1, 0.15) is 22.5 Å². The molecule has 240 valence electrons. The number of nitrogens with zero attached hydrogens (tertiary/aromatic N) is 5. The summed E-state index contributed by atoms with van der Waals surface area (Å²) in [6.07, 6.45) is 0. The molecule has 0 saturated heterocycles. The van der Waals surface area contributed by atoms with Crippen LogP contribution in [-0.4, -0.2) is 69.0 Å². The summed E-state index contributed by atoms with van der Waals surface area (Å²) in [5.41, 5.74) is 3.26. The number of methoxy groups -OCH3 is 2. The molecule has 4 N–H and O–H groups in total. The number of primary sulfonamides is 1. The number of ether oxygens (including phenoxy) is 2. The van der Waals surface area contributed by atoms with Gasteiger partial charge in [0.2, 0.25) is 0 Å². The molecular weight excluding hydrogens is 608 g/mol. The van der Waals surface area contributed by atoms with Gasteiger partial charge >= 0.3 is 0 Å². The van der Waals surface area contributed by atoms with Gasteiger partial charge in [0, 0.05) is 52.4 Å². The summed E-state index contributed by atoms with van der Waals surface area (Å²) >= 11 is 0. The monoisotopic (exact) mass is 648 g/mol. The molecule has 16 heteroatoms. The predicted octanol–water partition coefficient (Wildman–Crippen LogP) is 1.33. The average Bonchev–Trinajstić information content (AvgIpc) is 3.56. The van der Waals surface area contributed by atoms with Crippen molar-refractivity contribution in [1.29, 1.82) is 0 Å². The lowest BCUT2D eigenvalue weighted by atomic mass is 10.2. The molecule has 0 radical (unpaired) electrons. The second kappa shape index (κ2) is 15.3.